The second-order valence-electron chi connectivity index (χ2n) is 18.4. The molecule has 0 radical (unpaired) electrons. The molecule has 1 saturated carbocycles. The number of hydrogen-bond acceptors (Lipinski definition) is 0. The van der Waals surface area contributed by atoms with Gasteiger partial charge in [0.1, 0.15) is 0 Å². The van der Waals surface area contributed by atoms with Gasteiger partial charge in [0.25, 0.3) is 0 Å². The number of halogens is 9. The van der Waals surface area contributed by atoms with Crippen LogP contribution >= 0.6 is 0 Å². The summed E-state index contributed by atoms with van der Waals surface area (Å²) in [6.07, 6.45) is -0.712. The molecule has 58 heavy (non-hydrogen) atoms. The van der Waals surface area contributed by atoms with E-state index >= 15 is 0 Å². The summed E-state index contributed by atoms with van der Waals surface area (Å²) in [5.74, 6) is 1.66. The zero-order valence-electron chi connectivity index (χ0n) is 40.9. The van der Waals surface area contributed by atoms with E-state index in [1.54, 1.807) is 20.8 Å². The van der Waals surface area contributed by atoms with Gasteiger partial charge in [-0.05, 0) is 80.5 Å². The number of rotatable bonds is 9. The molecule has 1 fully saturated rings. The van der Waals surface area contributed by atoms with Gasteiger partial charge in [-0.25, -0.2) is 13.2 Å². The molecule has 9 heteroatoms. The van der Waals surface area contributed by atoms with E-state index in [1.165, 1.54) is 52.4 Å². The van der Waals surface area contributed by atoms with E-state index in [2.05, 4.69) is 96.9 Å². The van der Waals surface area contributed by atoms with Crippen molar-refractivity contribution in [2.24, 2.45) is 59.2 Å². The van der Waals surface area contributed by atoms with Crippen molar-refractivity contribution in [2.75, 3.05) is 0 Å². The Kier molecular flexibility index (Phi) is 74.1. The monoisotopic (exact) mass is 871 g/mol. The van der Waals surface area contributed by atoms with E-state index in [-0.39, 0.29) is 40.5 Å². The average Bonchev–Trinajstić information content (AvgIpc) is 3.83. The molecule has 0 aromatic carbocycles. The first-order valence-corrected chi connectivity index (χ1v) is 21.4. The molecule has 370 valence electrons. The molecule has 0 spiro atoms. The van der Waals surface area contributed by atoms with Crippen LogP contribution in [0.3, 0.4) is 0 Å². The van der Waals surface area contributed by atoms with E-state index in [4.69, 9.17) is 0 Å². The molecule has 1 aliphatic rings. The molecule has 0 heterocycles. The first kappa shape index (κ1) is 84.8. The molecule has 1 unspecified atom stereocenters. The predicted molar refractivity (Wildman–Crippen MR) is 250 cm³/mol. The summed E-state index contributed by atoms with van der Waals surface area (Å²) >= 11 is 0. The molecule has 0 aliphatic heterocycles. The summed E-state index contributed by atoms with van der Waals surface area (Å²) in [5, 5.41) is 0. The van der Waals surface area contributed by atoms with Crippen molar-refractivity contribution >= 4 is 0 Å². The first-order valence-electron chi connectivity index (χ1n) is 21.4. The summed E-state index contributed by atoms with van der Waals surface area (Å²) in [6, 6.07) is 0. The van der Waals surface area contributed by atoms with Crippen LogP contribution in [0.4, 0.5) is 39.5 Å². The van der Waals surface area contributed by atoms with Crippen LogP contribution in [0, 0.1) is 59.2 Å². The zero-order valence-corrected chi connectivity index (χ0v) is 40.9. The van der Waals surface area contributed by atoms with Crippen molar-refractivity contribution in [3.8, 4) is 0 Å². The fourth-order valence-electron chi connectivity index (χ4n) is 1.79. The minimum absolute atomic E-state index is 0. The van der Waals surface area contributed by atoms with Crippen LogP contribution in [0.5, 0.6) is 0 Å². The zero-order chi connectivity index (χ0) is 46.5. The highest BCUT2D eigenvalue weighted by molar-refractivity contribution is 4.75. The van der Waals surface area contributed by atoms with Gasteiger partial charge in [0.2, 0.25) is 5.92 Å². The van der Waals surface area contributed by atoms with Gasteiger partial charge in [0, 0.05) is 18.3 Å². The lowest BCUT2D eigenvalue weighted by molar-refractivity contribution is -0.164. The maximum absolute atomic E-state index is 11.8. The van der Waals surface area contributed by atoms with E-state index in [0.29, 0.717) is 0 Å². The van der Waals surface area contributed by atoms with Gasteiger partial charge >= 0.3 is 12.4 Å². The van der Waals surface area contributed by atoms with E-state index in [1.807, 2.05) is 13.8 Å². The van der Waals surface area contributed by atoms with Gasteiger partial charge in [0.05, 0.1) is 6.17 Å². The minimum Gasteiger partial charge on any atom is -0.248 e. The Morgan fingerprint density at radius 1 is 0.483 bits per heavy atom. The quantitative estimate of drug-likeness (QED) is 0.203. The molecule has 1 aliphatic carbocycles. The lowest BCUT2D eigenvalue weighted by Gasteiger charge is -2.12. The van der Waals surface area contributed by atoms with Crippen LogP contribution in [-0.4, -0.2) is 24.4 Å². The van der Waals surface area contributed by atoms with Gasteiger partial charge in [-0.15, -0.1) is 0 Å². The third-order valence-electron chi connectivity index (χ3n) is 7.66. The molecule has 0 amide bonds. The summed E-state index contributed by atoms with van der Waals surface area (Å²) in [7, 11) is 0. The van der Waals surface area contributed by atoms with Crippen LogP contribution in [-0.2, 0) is 0 Å². The normalized spacial score (nSPS) is 12.3. The molecule has 0 aromatic rings. The third-order valence-corrected chi connectivity index (χ3v) is 7.66. The maximum atomic E-state index is 11.8. The second-order valence-corrected chi connectivity index (χ2v) is 18.4. The third kappa shape index (κ3) is 131. The molecular weight excluding hydrogens is 760 g/mol. The Labute approximate surface area is 362 Å². The van der Waals surface area contributed by atoms with E-state index in [0.717, 1.165) is 56.3 Å². The SMILES string of the molecule is C.C.C.CC(C)C.CC(C)C(C)(F)F.CC(C)C(C)F.CC(C)C(F)(F)F.CC(C)C1CC1.CC(C)CCC(F)(F)F.CCC(C)C.CCC(C)C.CCCC(C)C. The lowest BCUT2D eigenvalue weighted by Crippen LogP contribution is -2.17. The molecule has 0 N–H and O–H groups in total. The molecule has 1 atom stereocenters. The van der Waals surface area contributed by atoms with Gasteiger partial charge in [-0.1, -0.05) is 200 Å². The molecule has 0 aromatic heterocycles. The molecule has 0 nitrogen and oxygen atoms in total. The number of alkyl halides is 9. The van der Waals surface area contributed by atoms with Crippen molar-refractivity contribution in [3.63, 3.8) is 0 Å². The Bertz CT molecular complexity index is 635. The average molecular weight is 871 g/mol. The summed E-state index contributed by atoms with van der Waals surface area (Å²) in [5.41, 5.74) is 0. The first-order chi connectivity index (χ1) is 24.3. The lowest BCUT2D eigenvalue weighted by atomic mass is 10.1. The second kappa shape index (κ2) is 50.7. The van der Waals surface area contributed by atoms with E-state index in [9.17, 15) is 39.5 Å². The molecular formula is C49H111F9. The van der Waals surface area contributed by atoms with Crippen LogP contribution in [0.2, 0.25) is 0 Å². The van der Waals surface area contributed by atoms with Crippen molar-refractivity contribution in [1.29, 1.82) is 0 Å². The van der Waals surface area contributed by atoms with Crippen LogP contribution in [0.25, 0.3) is 0 Å². The van der Waals surface area contributed by atoms with Gasteiger partial charge in [0.15, 0.2) is 0 Å². The largest absolute Gasteiger partial charge is 0.391 e. The highest BCUT2D eigenvalue weighted by Crippen LogP contribution is 2.35. The fraction of sp³-hybridized carbons (Fsp3) is 1.00. The van der Waals surface area contributed by atoms with E-state index < -0.39 is 42.7 Å². The molecule has 0 saturated heterocycles. The summed E-state index contributed by atoms with van der Waals surface area (Å²) < 4.78 is 103. The Hall–Kier alpha value is -0.630. The maximum Gasteiger partial charge on any atom is 0.391 e. The van der Waals surface area contributed by atoms with Crippen molar-refractivity contribution < 1.29 is 39.5 Å². The van der Waals surface area contributed by atoms with Gasteiger partial charge in [-0.2, -0.15) is 26.3 Å². The standard InChI is InChI=1S/C6H11F3.C6H12.C6H14.C5H10F2.C5H11F.2C5H12.C4H7F3.C4H10.3CH4/c1-5(2)3-4-6(7,8)9;1-5(2)6-3-4-6;1-4-5-6(2)3;1-4(2)5(3,6)7;1-4(2)5(3)6;2*1-4-5(2)3;1-3(2)4(5,6)7;1-4(2)3;;;/h5H,3-4H2,1-2H3;5-6H,3-4H2,1-2H3;6H,4-5H2,1-3H3;4H,1-3H3;4-5H,1-3H3;2*5H,4H2,1-3H3;3H,1-2H3;4H,1-3H3;3*1H4. The van der Waals surface area contributed by atoms with Crippen molar-refractivity contribution in [1.82, 2.24) is 0 Å². The van der Waals surface area contributed by atoms with Crippen LogP contribution in [0.15, 0.2) is 0 Å². The van der Waals surface area contributed by atoms with Crippen molar-refractivity contribution in [2.45, 2.75) is 264 Å². The van der Waals surface area contributed by atoms with Crippen LogP contribution in [0.1, 0.15) is 240 Å². The number of hydrogen-bond donors (Lipinski definition) is 0. The van der Waals surface area contributed by atoms with Gasteiger partial charge in [-0.3, -0.25) is 0 Å². The van der Waals surface area contributed by atoms with Gasteiger partial charge < -0.3 is 0 Å². The smallest absolute Gasteiger partial charge is 0.248 e. The highest BCUT2D eigenvalue weighted by atomic mass is 19.4. The Morgan fingerprint density at radius 2 is 0.707 bits per heavy atom. The van der Waals surface area contributed by atoms with Crippen LogP contribution < -0.4 is 0 Å². The Balaban J connectivity index is -0.0000000477. The summed E-state index contributed by atoms with van der Waals surface area (Å²) in [6.45, 7) is 46.2. The molecule has 1 rings (SSSR count). The minimum atomic E-state index is -4.00. The summed E-state index contributed by atoms with van der Waals surface area (Å²) in [4.78, 5) is 0. The predicted octanol–water partition coefficient (Wildman–Crippen LogP) is 21.7. The van der Waals surface area contributed by atoms with Crippen molar-refractivity contribution in [3.05, 3.63) is 0 Å². The Morgan fingerprint density at radius 3 is 0.724 bits per heavy atom. The molecule has 0 bridgehead atoms. The fourth-order valence-corrected chi connectivity index (χ4v) is 1.79. The highest BCUT2D eigenvalue weighted by Gasteiger charge is 2.31. The topological polar surface area (TPSA) is 0 Å².